The molecule has 0 aromatic rings. The molecule has 0 aliphatic heterocycles. The van der Waals surface area contributed by atoms with E-state index in [0.717, 1.165) is 25.3 Å². The summed E-state index contributed by atoms with van der Waals surface area (Å²) in [6.07, 6.45) is 10.3. The van der Waals surface area contributed by atoms with Gasteiger partial charge < -0.3 is 0 Å². The molecule has 0 fully saturated rings. The van der Waals surface area contributed by atoms with E-state index in [1.807, 2.05) is 0 Å². The Bertz CT molecular complexity index is 163. The Hall–Kier alpha value is -0.260. The smallest absolute Gasteiger partial charge is 0.0575 e. The van der Waals surface area contributed by atoms with Gasteiger partial charge in [-0.3, -0.25) is 0 Å². The number of hydrogen-bond donors (Lipinski definition) is 0. The van der Waals surface area contributed by atoms with Gasteiger partial charge in [0, 0.05) is 1.37 Å². The lowest BCUT2D eigenvalue weighted by atomic mass is 9.99. The van der Waals surface area contributed by atoms with E-state index in [1.54, 1.807) is 0 Å². The van der Waals surface area contributed by atoms with Gasteiger partial charge in [0.2, 0.25) is 0 Å². The molecular weight excluding hydrogens is 132 g/mol. The molecule has 1 atom stereocenters. The van der Waals surface area contributed by atoms with Crippen molar-refractivity contribution < 1.29 is 2.74 Å². The Balaban J connectivity index is 2.48. The minimum absolute atomic E-state index is 0.385. The lowest BCUT2D eigenvalue weighted by molar-refractivity contribution is 0.523. The summed E-state index contributed by atoms with van der Waals surface area (Å²) in [4.78, 5) is 0. The van der Waals surface area contributed by atoms with E-state index in [-0.39, 0.29) is 0 Å². The zero-order chi connectivity index (χ0) is 9.52. The Morgan fingerprint density at radius 1 is 1.45 bits per heavy atom. The van der Waals surface area contributed by atoms with Crippen LogP contribution in [0.3, 0.4) is 0 Å². The largest absolute Gasteiger partial charge is 0.0883 e. The molecular formula is C11H20. The SMILES string of the molecule is [2H]CCC1CCCCCC/C=C\1[2H]. The van der Waals surface area contributed by atoms with Gasteiger partial charge in [0.15, 0.2) is 0 Å². The van der Waals surface area contributed by atoms with Gasteiger partial charge in [0.1, 0.15) is 0 Å². The maximum atomic E-state index is 7.84. The van der Waals surface area contributed by atoms with E-state index in [4.69, 9.17) is 2.74 Å². The fourth-order valence-electron chi connectivity index (χ4n) is 1.55. The van der Waals surface area contributed by atoms with Crippen molar-refractivity contribution >= 4 is 0 Å². The number of hydrogen-bond acceptors (Lipinski definition) is 0. The van der Waals surface area contributed by atoms with Crippen LogP contribution in [0, 0.1) is 5.92 Å². The van der Waals surface area contributed by atoms with Crippen LogP contribution < -0.4 is 0 Å². The van der Waals surface area contributed by atoms with E-state index in [0.29, 0.717) is 12.8 Å². The summed E-state index contributed by atoms with van der Waals surface area (Å²) in [5, 5.41) is 0. The van der Waals surface area contributed by atoms with E-state index >= 15 is 0 Å². The summed E-state index contributed by atoms with van der Waals surface area (Å²) in [5.74, 6) is 0.385. The minimum atomic E-state index is 0.385. The van der Waals surface area contributed by atoms with E-state index in [2.05, 4.69) is 6.08 Å². The lowest BCUT2D eigenvalue weighted by Gasteiger charge is -2.07. The van der Waals surface area contributed by atoms with Gasteiger partial charge in [-0.2, -0.15) is 0 Å². The fourth-order valence-corrected chi connectivity index (χ4v) is 1.55. The highest BCUT2D eigenvalue weighted by Crippen LogP contribution is 2.18. The third kappa shape index (κ3) is 3.60. The molecule has 1 aliphatic rings. The number of allylic oxidation sites excluding steroid dienone is 2. The minimum Gasteiger partial charge on any atom is -0.0883 e. The Labute approximate surface area is 73.5 Å². The maximum Gasteiger partial charge on any atom is 0.0575 e. The number of rotatable bonds is 1. The fraction of sp³-hybridized carbons (Fsp3) is 0.818. The van der Waals surface area contributed by atoms with Crippen LogP contribution >= 0.6 is 0 Å². The predicted octanol–water partition coefficient (Wildman–Crippen LogP) is 3.92. The monoisotopic (exact) mass is 154 g/mol. The Morgan fingerprint density at radius 2 is 2.36 bits per heavy atom. The third-order valence-electron chi connectivity index (χ3n) is 2.35. The quantitative estimate of drug-likeness (QED) is 0.502. The van der Waals surface area contributed by atoms with Crippen molar-refractivity contribution in [2.24, 2.45) is 5.92 Å². The summed E-state index contributed by atoms with van der Waals surface area (Å²) in [6, 6.07) is 0.800. The molecule has 1 aliphatic carbocycles. The Morgan fingerprint density at radius 3 is 3.27 bits per heavy atom. The van der Waals surface area contributed by atoms with Gasteiger partial charge in [-0.25, -0.2) is 0 Å². The van der Waals surface area contributed by atoms with Gasteiger partial charge in [-0.1, -0.05) is 38.3 Å². The molecule has 0 amide bonds. The van der Waals surface area contributed by atoms with Crippen molar-refractivity contribution in [3.8, 4) is 0 Å². The molecule has 0 aromatic carbocycles. The van der Waals surface area contributed by atoms with E-state index in [9.17, 15) is 0 Å². The summed E-state index contributed by atoms with van der Waals surface area (Å²) in [7, 11) is 0. The topological polar surface area (TPSA) is 0 Å². The molecule has 0 heteroatoms. The molecule has 1 rings (SSSR count). The summed E-state index contributed by atoms with van der Waals surface area (Å²) in [6.45, 7) is 0.473. The maximum absolute atomic E-state index is 7.84. The van der Waals surface area contributed by atoms with Crippen molar-refractivity contribution in [2.75, 3.05) is 0 Å². The molecule has 64 valence electrons. The molecule has 0 saturated heterocycles. The standard InChI is InChI=1S/C11H20/c1-2-11-9-7-5-3-4-6-8-10-11/h7,9,11H,2-6,8,10H2,1H3/b9-7-/i1D,9D. The highest BCUT2D eigenvalue weighted by molar-refractivity contribution is 4.88. The van der Waals surface area contributed by atoms with Crippen LogP contribution in [0.5, 0.6) is 0 Å². The first-order chi connectivity index (χ1) is 6.34. The second-order valence-corrected chi connectivity index (χ2v) is 3.35. The third-order valence-corrected chi connectivity index (χ3v) is 2.35. The van der Waals surface area contributed by atoms with Crippen LogP contribution in [0.1, 0.15) is 54.6 Å². The van der Waals surface area contributed by atoms with Gasteiger partial charge in [-0.15, -0.1) is 0 Å². The van der Waals surface area contributed by atoms with Crippen molar-refractivity contribution in [1.82, 2.24) is 0 Å². The van der Waals surface area contributed by atoms with Crippen molar-refractivity contribution in [1.29, 1.82) is 0 Å². The van der Waals surface area contributed by atoms with Crippen molar-refractivity contribution in [3.05, 3.63) is 12.1 Å². The van der Waals surface area contributed by atoms with Crippen LogP contribution in [0.15, 0.2) is 12.1 Å². The second kappa shape index (κ2) is 5.40. The highest BCUT2D eigenvalue weighted by atomic mass is 14.1. The van der Waals surface area contributed by atoms with Crippen LogP contribution in [0.4, 0.5) is 0 Å². The first-order valence-corrected chi connectivity index (χ1v) is 4.80. The average Bonchev–Trinajstić information content (AvgIpc) is 2.21. The zero-order valence-corrected chi connectivity index (χ0v) is 7.31. The summed E-state index contributed by atoms with van der Waals surface area (Å²) >= 11 is 0. The zero-order valence-electron chi connectivity index (χ0n) is 9.31. The van der Waals surface area contributed by atoms with Gasteiger partial charge >= 0.3 is 0 Å². The van der Waals surface area contributed by atoms with Crippen LogP contribution in [-0.4, -0.2) is 0 Å². The van der Waals surface area contributed by atoms with Crippen molar-refractivity contribution in [2.45, 2.75) is 51.8 Å². The molecule has 0 N–H and O–H groups in total. The first kappa shape index (κ1) is 6.28. The molecule has 0 heterocycles. The first-order valence-electron chi connectivity index (χ1n) is 6.01. The van der Waals surface area contributed by atoms with Crippen LogP contribution in [-0.2, 0) is 0 Å². The van der Waals surface area contributed by atoms with Gasteiger partial charge in [0.25, 0.3) is 0 Å². The summed E-state index contributed by atoms with van der Waals surface area (Å²) in [5.41, 5.74) is 0. The van der Waals surface area contributed by atoms with Gasteiger partial charge in [-0.05, 0) is 31.6 Å². The predicted molar refractivity (Wildman–Crippen MR) is 50.6 cm³/mol. The molecule has 1 unspecified atom stereocenters. The van der Waals surface area contributed by atoms with Gasteiger partial charge in [0.05, 0.1) is 1.37 Å². The van der Waals surface area contributed by atoms with Crippen LogP contribution in [0.2, 0.25) is 0 Å². The normalized spacial score (nSPS) is 35.3. The van der Waals surface area contributed by atoms with Crippen LogP contribution in [0.25, 0.3) is 0 Å². The Kier molecular flexibility index (Phi) is 3.08. The molecule has 0 nitrogen and oxygen atoms in total. The molecule has 11 heavy (non-hydrogen) atoms. The molecule has 0 saturated carbocycles. The molecule has 0 bridgehead atoms. The highest BCUT2D eigenvalue weighted by Gasteiger charge is 2.02. The van der Waals surface area contributed by atoms with Crippen molar-refractivity contribution in [3.63, 3.8) is 0 Å². The second-order valence-electron chi connectivity index (χ2n) is 3.35. The van der Waals surface area contributed by atoms with E-state index in [1.165, 1.54) is 25.7 Å². The summed E-state index contributed by atoms with van der Waals surface area (Å²) < 4.78 is 15.0. The molecule has 0 aromatic heterocycles. The lowest BCUT2D eigenvalue weighted by Crippen LogP contribution is -1.92. The average molecular weight is 154 g/mol. The molecule has 0 radical (unpaired) electrons. The van der Waals surface area contributed by atoms with E-state index < -0.39 is 0 Å². The molecule has 0 spiro atoms.